The van der Waals surface area contributed by atoms with Crippen molar-refractivity contribution < 1.29 is 4.52 Å². The van der Waals surface area contributed by atoms with Gasteiger partial charge in [0.05, 0.1) is 6.04 Å². The summed E-state index contributed by atoms with van der Waals surface area (Å²) in [5.74, 6) is 2.05. The summed E-state index contributed by atoms with van der Waals surface area (Å²) in [7, 11) is 0. The van der Waals surface area contributed by atoms with Crippen LogP contribution in [0.1, 0.15) is 72.6 Å². The molecule has 1 aromatic rings. The molecule has 2 unspecified atom stereocenters. The molecule has 4 nitrogen and oxygen atoms in total. The van der Waals surface area contributed by atoms with E-state index in [9.17, 15) is 0 Å². The topological polar surface area (TPSA) is 51.0 Å². The zero-order chi connectivity index (χ0) is 13.9. The highest BCUT2D eigenvalue weighted by molar-refractivity contribution is 5.01. The average molecular weight is 253 g/mol. The van der Waals surface area contributed by atoms with Crippen LogP contribution in [0.5, 0.6) is 0 Å². The van der Waals surface area contributed by atoms with E-state index in [1.807, 2.05) is 0 Å². The van der Waals surface area contributed by atoms with Gasteiger partial charge in [0.15, 0.2) is 5.82 Å². The predicted octanol–water partition coefficient (Wildman–Crippen LogP) is 3.45. The molecule has 0 aliphatic rings. The Morgan fingerprint density at radius 3 is 2.22 bits per heavy atom. The monoisotopic (exact) mass is 253 g/mol. The van der Waals surface area contributed by atoms with E-state index in [2.05, 4.69) is 63.9 Å². The van der Waals surface area contributed by atoms with Gasteiger partial charge in [-0.15, -0.1) is 0 Å². The zero-order valence-corrected chi connectivity index (χ0v) is 12.7. The van der Waals surface area contributed by atoms with E-state index in [-0.39, 0.29) is 11.5 Å². The highest BCUT2D eigenvalue weighted by Gasteiger charge is 2.24. The maximum Gasteiger partial charge on any atom is 0.243 e. The molecule has 2 atom stereocenters. The molecule has 0 aliphatic carbocycles. The smallest absolute Gasteiger partial charge is 0.243 e. The summed E-state index contributed by atoms with van der Waals surface area (Å²) in [5.41, 5.74) is -0.0658. The van der Waals surface area contributed by atoms with E-state index in [1.165, 1.54) is 0 Å². The molecule has 1 heterocycles. The highest BCUT2D eigenvalue weighted by Crippen LogP contribution is 2.21. The first kappa shape index (κ1) is 15.2. The quantitative estimate of drug-likeness (QED) is 0.873. The zero-order valence-electron chi connectivity index (χ0n) is 12.7. The summed E-state index contributed by atoms with van der Waals surface area (Å²) in [5, 5.41) is 7.61. The van der Waals surface area contributed by atoms with Crippen molar-refractivity contribution in [2.45, 2.75) is 72.4 Å². The lowest BCUT2D eigenvalue weighted by Crippen LogP contribution is -2.35. The highest BCUT2D eigenvalue weighted by atomic mass is 16.5. The molecule has 18 heavy (non-hydrogen) atoms. The van der Waals surface area contributed by atoms with Crippen LogP contribution in [0.25, 0.3) is 0 Å². The van der Waals surface area contributed by atoms with Crippen LogP contribution in [-0.2, 0) is 5.41 Å². The Morgan fingerprint density at radius 2 is 1.83 bits per heavy atom. The standard InChI is InChI=1S/C14H27N3O/c1-8-11(9(2)3)15-10(4)12-16-13(17-18-12)14(5,6)7/h9-11,15H,8H2,1-7H3. The second-order valence-corrected chi connectivity index (χ2v) is 6.35. The van der Waals surface area contributed by atoms with Gasteiger partial charge in [0.2, 0.25) is 5.89 Å². The summed E-state index contributed by atoms with van der Waals surface area (Å²) in [6.07, 6.45) is 1.10. The minimum Gasteiger partial charge on any atom is -0.338 e. The van der Waals surface area contributed by atoms with Gasteiger partial charge in [0.25, 0.3) is 0 Å². The molecule has 0 aliphatic heterocycles. The molecular formula is C14H27N3O. The number of hydrogen-bond donors (Lipinski definition) is 1. The Labute approximate surface area is 111 Å². The molecule has 0 spiro atoms. The molecule has 1 N–H and O–H groups in total. The second kappa shape index (κ2) is 5.83. The third-order valence-electron chi connectivity index (χ3n) is 3.19. The van der Waals surface area contributed by atoms with Crippen molar-refractivity contribution in [2.24, 2.45) is 5.92 Å². The lowest BCUT2D eigenvalue weighted by Gasteiger charge is -2.23. The van der Waals surface area contributed by atoms with Crippen LogP contribution in [0.3, 0.4) is 0 Å². The summed E-state index contributed by atoms with van der Waals surface area (Å²) in [6.45, 7) is 15.0. The molecule has 1 rings (SSSR count). The third kappa shape index (κ3) is 3.80. The third-order valence-corrected chi connectivity index (χ3v) is 3.19. The van der Waals surface area contributed by atoms with Gasteiger partial charge in [-0.3, -0.25) is 0 Å². The van der Waals surface area contributed by atoms with Crippen LogP contribution in [0, 0.1) is 5.92 Å². The van der Waals surface area contributed by atoms with E-state index in [0.29, 0.717) is 17.9 Å². The molecule has 0 saturated heterocycles. The first-order chi connectivity index (χ1) is 8.25. The van der Waals surface area contributed by atoms with Gasteiger partial charge < -0.3 is 9.84 Å². The average Bonchev–Trinajstić information content (AvgIpc) is 2.73. The molecule has 104 valence electrons. The molecule has 4 heteroatoms. The van der Waals surface area contributed by atoms with Gasteiger partial charge in [0.1, 0.15) is 0 Å². The van der Waals surface area contributed by atoms with Gasteiger partial charge in [-0.05, 0) is 19.3 Å². The van der Waals surface area contributed by atoms with Crippen LogP contribution in [0.4, 0.5) is 0 Å². The van der Waals surface area contributed by atoms with E-state index in [4.69, 9.17) is 4.52 Å². The predicted molar refractivity (Wildman–Crippen MR) is 73.5 cm³/mol. The first-order valence-corrected chi connectivity index (χ1v) is 6.85. The number of nitrogens with zero attached hydrogens (tertiary/aromatic N) is 2. The second-order valence-electron chi connectivity index (χ2n) is 6.35. The largest absolute Gasteiger partial charge is 0.338 e. The molecule has 0 saturated carbocycles. The minimum atomic E-state index is -0.0658. The number of rotatable bonds is 5. The maximum absolute atomic E-state index is 5.35. The van der Waals surface area contributed by atoms with Crippen LogP contribution < -0.4 is 5.32 Å². The number of nitrogens with one attached hydrogen (secondary N) is 1. The van der Waals surface area contributed by atoms with Crippen LogP contribution in [0.2, 0.25) is 0 Å². The maximum atomic E-state index is 5.35. The lowest BCUT2D eigenvalue weighted by molar-refractivity contribution is 0.291. The van der Waals surface area contributed by atoms with Crippen LogP contribution in [0.15, 0.2) is 4.52 Å². The van der Waals surface area contributed by atoms with Crippen molar-refractivity contribution >= 4 is 0 Å². The van der Waals surface area contributed by atoms with Gasteiger partial charge in [0, 0.05) is 11.5 Å². The van der Waals surface area contributed by atoms with E-state index in [1.54, 1.807) is 0 Å². The Hall–Kier alpha value is -0.900. The van der Waals surface area contributed by atoms with Crippen molar-refractivity contribution in [3.8, 4) is 0 Å². The van der Waals surface area contributed by atoms with Gasteiger partial charge in [-0.25, -0.2) is 0 Å². The number of aromatic nitrogens is 2. The summed E-state index contributed by atoms with van der Waals surface area (Å²) < 4.78 is 5.35. The van der Waals surface area contributed by atoms with E-state index < -0.39 is 0 Å². The molecule has 0 aromatic carbocycles. The summed E-state index contributed by atoms with van der Waals surface area (Å²) >= 11 is 0. The normalized spacial score (nSPS) is 16.0. The molecular weight excluding hydrogens is 226 g/mol. The van der Waals surface area contributed by atoms with Crippen molar-refractivity contribution in [1.82, 2.24) is 15.5 Å². The van der Waals surface area contributed by atoms with Crippen LogP contribution in [-0.4, -0.2) is 16.2 Å². The fourth-order valence-corrected chi connectivity index (χ4v) is 1.89. The lowest BCUT2D eigenvalue weighted by atomic mass is 9.96. The fourth-order valence-electron chi connectivity index (χ4n) is 1.89. The SMILES string of the molecule is CCC(NC(C)c1nc(C(C)(C)C)no1)C(C)C. The fraction of sp³-hybridized carbons (Fsp3) is 0.857. The van der Waals surface area contributed by atoms with E-state index in [0.717, 1.165) is 12.2 Å². The Kier molecular flexibility index (Phi) is 4.91. The molecule has 0 radical (unpaired) electrons. The van der Waals surface area contributed by atoms with E-state index >= 15 is 0 Å². The van der Waals surface area contributed by atoms with Crippen molar-refractivity contribution in [2.75, 3.05) is 0 Å². The molecule has 1 aromatic heterocycles. The Balaban J connectivity index is 2.73. The Bertz CT molecular complexity index is 365. The summed E-state index contributed by atoms with van der Waals surface area (Å²) in [4.78, 5) is 4.49. The van der Waals surface area contributed by atoms with Crippen molar-refractivity contribution in [3.05, 3.63) is 11.7 Å². The van der Waals surface area contributed by atoms with Crippen molar-refractivity contribution in [3.63, 3.8) is 0 Å². The Morgan fingerprint density at radius 1 is 1.22 bits per heavy atom. The summed E-state index contributed by atoms with van der Waals surface area (Å²) in [6, 6.07) is 0.575. The van der Waals surface area contributed by atoms with Gasteiger partial charge >= 0.3 is 0 Å². The van der Waals surface area contributed by atoms with Crippen LogP contribution >= 0.6 is 0 Å². The molecule has 0 amide bonds. The molecule has 0 fully saturated rings. The first-order valence-electron chi connectivity index (χ1n) is 6.85. The van der Waals surface area contributed by atoms with Gasteiger partial charge in [-0.1, -0.05) is 46.7 Å². The molecule has 0 bridgehead atoms. The van der Waals surface area contributed by atoms with Crippen molar-refractivity contribution in [1.29, 1.82) is 0 Å². The van der Waals surface area contributed by atoms with Gasteiger partial charge in [-0.2, -0.15) is 4.98 Å². The number of hydrogen-bond acceptors (Lipinski definition) is 4. The minimum absolute atomic E-state index is 0.0658.